The van der Waals surface area contributed by atoms with Crippen molar-refractivity contribution in [2.24, 2.45) is 0 Å². The van der Waals surface area contributed by atoms with E-state index in [1.54, 1.807) is 26.0 Å². The van der Waals surface area contributed by atoms with Gasteiger partial charge in [0.25, 0.3) is 0 Å². The van der Waals surface area contributed by atoms with Gasteiger partial charge in [0.05, 0.1) is 19.1 Å². The minimum absolute atomic E-state index is 0.853. The number of rotatable bonds is 5. The zero-order valence-corrected chi connectivity index (χ0v) is 11.4. The third-order valence-corrected chi connectivity index (χ3v) is 3.72. The second-order valence-electron chi connectivity index (χ2n) is 3.79. The Bertz CT molecular complexity index is 497. The number of methoxy groups -OCH3 is 2. The maximum atomic E-state index is 5.36. The highest BCUT2D eigenvalue weighted by molar-refractivity contribution is 7.98. The zero-order valence-electron chi connectivity index (χ0n) is 10.6. The van der Waals surface area contributed by atoms with Gasteiger partial charge in [0.2, 0.25) is 0 Å². The average Bonchev–Trinajstić information content (AvgIpc) is 2.45. The Balaban J connectivity index is 2.12. The standard InChI is InChI=1S/C15H16O2S/c1-16-13-8-9-14(17-2)15(10-13)18-11-12-6-4-3-5-7-12/h3-10H,11H2,1-2H3. The summed E-state index contributed by atoms with van der Waals surface area (Å²) < 4.78 is 10.6. The Morgan fingerprint density at radius 2 is 1.72 bits per heavy atom. The van der Waals surface area contributed by atoms with Gasteiger partial charge in [-0.2, -0.15) is 0 Å². The monoisotopic (exact) mass is 260 g/mol. The van der Waals surface area contributed by atoms with Crippen molar-refractivity contribution in [2.75, 3.05) is 14.2 Å². The first kappa shape index (κ1) is 12.8. The van der Waals surface area contributed by atoms with E-state index >= 15 is 0 Å². The van der Waals surface area contributed by atoms with E-state index in [0.717, 1.165) is 22.1 Å². The summed E-state index contributed by atoms with van der Waals surface area (Å²) in [5.41, 5.74) is 1.30. The first-order chi connectivity index (χ1) is 8.83. The van der Waals surface area contributed by atoms with Crippen LogP contribution in [0.1, 0.15) is 5.56 Å². The SMILES string of the molecule is COc1ccc(OC)c(SCc2ccccc2)c1. The van der Waals surface area contributed by atoms with Crippen molar-refractivity contribution >= 4 is 11.8 Å². The van der Waals surface area contributed by atoms with Crippen molar-refractivity contribution in [2.45, 2.75) is 10.6 Å². The largest absolute Gasteiger partial charge is 0.497 e. The molecule has 0 bridgehead atoms. The Morgan fingerprint density at radius 1 is 0.944 bits per heavy atom. The van der Waals surface area contributed by atoms with Gasteiger partial charge in [-0.25, -0.2) is 0 Å². The first-order valence-electron chi connectivity index (χ1n) is 5.72. The lowest BCUT2D eigenvalue weighted by atomic mass is 10.2. The molecule has 2 nitrogen and oxygen atoms in total. The predicted octanol–water partition coefficient (Wildman–Crippen LogP) is 4.00. The van der Waals surface area contributed by atoms with E-state index in [4.69, 9.17) is 9.47 Å². The van der Waals surface area contributed by atoms with Gasteiger partial charge < -0.3 is 9.47 Å². The van der Waals surface area contributed by atoms with Crippen LogP contribution in [-0.2, 0) is 5.75 Å². The van der Waals surface area contributed by atoms with Crippen molar-refractivity contribution in [1.29, 1.82) is 0 Å². The molecular weight excluding hydrogens is 244 g/mol. The molecule has 0 aliphatic heterocycles. The molecule has 0 aliphatic rings. The molecule has 0 heterocycles. The average molecular weight is 260 g/mol. The lowest BCUT2D eigenvalue weighted by molar-refractivity contribution is 0.394. The molecule has 0 unspecified atom stereocenters. The molecule has 0 radical (unpaired) electrons. The van der Waals surface area contributed by atoms with Gasteiger partial charge in [0.15, 0.2) is 0 Å². The van der Waals surface area contributed by atoms with E-state index in [9.17, 15) is 0 Å². The predicted molar refractivity (Wildman–Crippen MR) is 75.5 cm³/mol. The molecule has 94 valence electrons. The van der Waals surface area contributed by atoms with Crippen LogP contribution in [-0.4, -0.2) is 14.2 Å². The molecule has 2 aromatic carbocycles. The van der Waals surface area contributed by atoms with E-state index in [0.29, 0.717) is 0 Å². The fraction of sp³-hybridized carbons (Fsp3) is 0.200. The molecular formula is C15H16O2S. The summed E-state index contributed by atoms with van der Waals surface area (Å²) in [6.07, 6.45) is 0. The normalized spacial score (nSPS) is 10.1. The Kier molecular flexibility index (Phi) is 4.53. The van der Waals surface area contributed by atoms with Gasteiger partial charge in [-0.3, -0.25) is 0 Å². The highest BCUT2D eigenvalue weighted by atomic mass is 32.2. The lowest BCUT2D eigenvalue weighted by Crippen LogP contribution is -1.89. The fourth-order valence-corrected chi connectivity index (χ4v) is 2.64. The molecule has 0 saturated heterocycles. The highest BCUT2D eigenvalue weighted by Crippen LogP contribution is 2.34. The molecule has 2 aromatic rings. The third kappa shape index (κ3) is 3.20. The molecule has 0 amide bonds. The Hall–Kier alpha value is -1.61. The van der Waals surface area contributed by atoms with Gasteiger partial charge >= 0.3 is 0 Å². The molecule has 0 fully saturated rings. The third-order valence-electron chi connectivity index (χ3n) is 2.61. The Morgan fingerprint density at radius 3 is 2.39 bits per heavy atom. The van der Waals surface area contributed by atoms with Crippen LogP contribution in [0.4, 0.5) is 0 Å². The van der Waals surface area contributed by atoms with Gasteiger partial charge in [-0.1, -0.05) is 30.3 Å². The first-order valence-corrected chi connectivity index (χ1v) is 6.71. The summed E-state index contributed by atoms with van der Waals surface area (Å²) in [7, 11) is 3.36. The summed E-state index contributed by atoms with van der Waals surface area (Å²) >= 11 is 1.75. The number of benzene rings is 2. The summed E-state index contributed by atoms with van der Waals surface area (Å²) in [6, 6.07) is 16.2. The van der Waals surface area contributed by atoms with Crippen LogP contribution >= 0.6 is 11.8 Å². The second-order valence-corrected chi connectivity index (χ2v) is 4.81. The van der Waals surface area contributed by atoms with Gasteiger partial charge in [0.1, 0.15) is 11.5 Å². The van der Waals surface area contributed by atoms with E-state index in [1.165, 1.54) is 5.56 Å². The van der Waals surface area contributed by atoms with Crippen molar-refractivity contribution in [3.8, 4) is 11.5 Å². The van der Waals surface area contributed by atoms with Crippen LogP contribution in [0.25, 0.3) is 0 Å². The van der Waals surface area contributed by atoms with Crippen LogP contribution < -0.4 is 9.47 Å². The number of thioether (sulfide) groups is 1. The van der Waals surface area contributed by atoms with Crippen LogP contribution in [0, 0.1) is 0 Å². The van der Waals surface area contributed by atoms with Crippen LogP contribution in [0.3, 0.4) is 0 Å². The molecule has 0 spiro atoms. The molecule has 0 aliphatic carbocycles. The smallest absolute Gasteiger partial charge is 0.132 e. The Labute approximate surface area is 112 Å². The minimum Gasteiger partial charge on any atom is -0.497 e. The van der Waals surface area contributed by atoms with Crippen molar-refractivity contribution in [1.82, 2.24) is 0 Å². The molecule has 0 atom stereocenters. The van der Waals surface area contributed by atoms with E-state index < -0.39 is 0 Å². The highest BCUT2D eigenvalue weighted by Gasteiger charge is 2.05. The van der Waals surface area contributed by atoms with Gasteiger partial charge in [0, 0.05) is 5.75 Å². The number of hydrogen-bond donors (Lipinski definition) is 0. The van der Waals surface area contributed by atoms with E-state index in [-0.39, 0.29) is 0 Å². The molecule has 18 heavy (non-hydrogen) atoms. The van der Waals surface area contributed by atoms with Crippen molar-refractivity contribution in [3.05, 3.63) is 54.1 Å². The van der Waals surface area contributed by atoms with Crippen LogP contribution in [0.2, 0.25) is 0 Å². The minimum atomic E-state index is 0.853. The van der Waals surface area contributed by atoms with Gasteiger partial charge in [-0.05, 0) is 23.8 Å². The maximum absolute atomic E-state index is 5.36. The van der Waals surface area contributed by atoms with Gasteiger partial charge in [-0.15, -0.1) is 11.8 Å². The molecule has 0 N–H and O–H groups in total. The summed E-state index contributed by atoms with van der Waals surface area (Å²) in [5.74, 6) is 2.66. The molecule has 2 rings (SSSR count). The van der Waals surface area contributed by atoms with E-state index in [2.05, 4.69) is 24.3 Å². The molecule has 3 heteroatoms. The molecule has 0 aromatic heterocycles. The van der Waals surface area contributed by atoms with Crippen molar-refractivity contribution in [3.63, 3.8) is 0 Å². The maximum Gasteiger partial charge on any atom is 0.132 e. The number of ether oxygens (including phenoxy) is 2. The summed E-state index contributed by atoms with van der Waals surface area (Å²) in [5, 5.41) is 0. The second kappa shape index (κ2) is 6.36. The summed E-state index contributed by atoms with van der Waals surface area (Å²) in [6.45, 7) is 0. The lowest BCUT2D eigenvalue weighted by Gasteiger charge is -2.10. The van der Waals surface area contributed by atoms with Crippen molar-refractivity contribution < 1.29 is 9.47 Å². The van der Waals surface area contributed by atoms with E-state index in [1.807, 2.05) is 24.3 Å². The van der Waals surface area contributed by atoms with Crippen LogP contribution in [0.15, 0.2) is 53.4 Å². The summed E-state index contributed by atoms with van der Waals surface area (Å²) in [4.78, 5) is 1.10. The fourth-order valence-electron chi connectivity index (χ4n) is 1.63. The zero-order chi connectivity index (χ0) is 12.8. The number of hydrogen-bond acceptors (Lipinski definition) is 3. The quantitative estimate of drug-likeness (QED) is 0.757. The molecule has 0 saturated carbocycles. The topological polar surface area (TPSA) is 18.5 Å². The van der Waals surface area contributed by atoms with Crippen LogP contribution in [0.5, 0.6) is 11.5 Å².